The Morgan fingerprint density at radius 1 is 1.31 bits per heavy atom. The van der Waals surface area contributed by atoms with Gasteiger partial charge in [0.1, 0.15) is 0 Å². The van der Waals surface area contributed by atoms with Gasteiger partial charge in [-0.15, -0.1) is 0 Å². The first-order valence-corrected chi connectivity index (χ1v) is 6.18. The highest BCUT2D eigenvalue weighted by molar-refractivity contribution is 9.10. The summed E-state index contributed by atoms with van der Waals surface area (Å²) >= 11 is 9.44. The van der Waals surface area contributed by atoms with Gasteiger partial charge in [0.2, 0.25) is 0 Å². The van der Waals surface area contributed by atoms with Crippen molar-refractivity contribution in [1.29, 1.82) is 0 Å². The lowest BCUT2D eigenvalue weighted by atomic mass is 10.1. The topological polar surface area (TPSA) is 32.9 Å². The fourth-order valence-corrected chi connectivity index (χ4v) is 2.46. The minimum atomic E-state index is 0.000602. The van der Waals surface area contributed by atoms with Crippen LogP contribution >= 0.6 is 27.5 Å². The number of fused-ring (bicyclic) bond motifs is 1. The Morgan fingerprint density at radius 2 is 2.00 bits per heavy atom. The molecule has 2 rings (SSSR count). The molecule has 2 aromatic rings. The fraction of sp³-hybridized carbons (Fsp3) is 0.250. The van der Waals surface area contributed by atoms with E-state index in [9.17, 15) is 4.79 Å². The molecule has 1 N–H and O–H groups in total. The van der Waals surface area contributed by atoms with Crippen molar-refractivity contribution in [2.24, 2.45) is 0 Å². The molecule has 1 aromatic carbocycles. The average molecular weight is 301 g/mol. The number of hydrogen-bond donors (Lipinski definition) is 1. The summed E-state index contributed by atoms with van der Waals surface area (Å²) in [4.78, 5) is 15.1. The summed E-state index contributed by atoms with van der Waals surface area (Å²) in [5.74, 6) is 0.275. The SMILES string of the molecule is CC(C)c1cc(=O)c2cc(Br)cc(Cl)c2[nH]1. The number of nitrogens with one attached hydrogen (secondary N) is 1. The fourth-order valence-electron chi connectivity index (χ4n) is 1.61. The number of aromatic nitrogens is 1. The molecule has 0 radical (unpaired) electrons. The zero-order valence-electron chi connectivity index (χ0n) is 8.97. The number of hydrogen-bond acceptors (Lipinski definition) is 1. The molecule has 84 valence electrons. The predicted octanol–water partition coefficient (Wildman–Crippen LogP) is 4.07. The summed E-state index contributed by atoms with van der Waals surface area (Å²) < 4.78 is 0.813. The van der Waals surface area contributed by atoms with Gasteiger partial charge in [-0.3, -0.25) is 4.79 Å². The van der Waals surface area contributed by atoms with E-state index in [-0.39, 0.29) is 11.3 Å². The van der Waals surface area contributed by atoms with Gasteiger partial charge < -0.3 is 4.98 Å². The molecule has 0 saturated heterocycles. The Morgan fingerprint density at radius 3 is 2.62 bits per heavy atom. The van der Waals surface area contributed by atoms with Crippen molar-refractivity contribution in [1.82, 2.24) is 4.98 Å². The summed E-state index contributed by atoms with van der Waals surface area (Å²) in [5, 5.41) is 1.17. The second-order valence-electron chi connectivity index (χ2n) is 4.05. The van der Waals surface area contributed by atoms with Gasteiger partial charge in [-0.2, -0.15) is 0 Å². The highest BCUT2D eigenvalue weighted by atomic mass is 79.9. The Balaban J connectivity index is 2.87. The van der Waals surface area contributed by atoms with Gasteiger partial charge in [0, 0.05) is 21.6 Å². The predicted molar refractivity (Wildman–Crippen MR) is 71.4 cm³/mol. The standard InChI is InChI=1S/C12H11BrClNO/c1-6(2)10-5-11(16)8-3-7(13)4-9(14)12(8)15-10/h3-6H,1-2H3,(H,15,16). The molecule has 4 heteroatoms. The molecule has 0 bridgehead atoms. The van der Waals surface area contributed by atoms with Crippen molar-refractivity contribution in [2.75, 3.05) is 0 Å². The first-order valence-electron chi connectivity index (χ1n) is 5.01. The normalized spacial score (nSPS) is 11.3. The Kier molecular flexibility index (Phi) is 3.08. The summed E-state index contributed by atoms with van der Waals surface area (Å²) in [5.41, 5.74) is 1.61. The smallest absolute Gasteiger partial charge is 0.189 e. The minimum absolute atomic E-state index is 0.000602. The molecule has 16 heavy (non-hydrogen) atoms. The molecule has 0 saturated carbocycles. The van der Waals surface area contributed by atoms with Crippen LogP contribution in [-0.4, -0.2) is 4.98 Å². The lowest BCUT2D eigenvalue weighted by Gasteiger charge is -2.08. The molecule has 0 aliphatic rings. The van der Waals surface area contributed by atoms with Crippen LogP contribution in [0, 0.1) is 0 Å². The molecular weight excluding hydrogens is 289 g/mol. The quantitative estimate of drug-likeness (QED) is 0.846. The van der Waals surface area contributed by atoms with E-state index < -0.39 is 0 Å². The third-order valence-electron chi connectivity index (χ3n) is 2.50. The van der Waals surface area contributed by atoms with Gasteiger partial charge in [-0.25, -0.2) is 0 Å². The van der Waals surface area contributed by atoms with Crippen LogP contribution in [0.1, 0.15) is 25.5 Å². The summed E-state index contributed by atoms with van der Waals surface area (Å²) in [6.45, 7) is 4.06. The van der Waals surface area contributed by atoms with E-state index in [0.29, 0.717) is 15.9 Å². The van der Waals surface area contributed by atoms with Crippen molar-refractivity contribution in [2.45, 2.75) is 19.8 Å². The average Bonchev–Trinajstić information content (AvgIpc) is 2.19. The second kappa shape index (κ2) is 4.22. The third kappa shape index (κ3) is 2.02. The van der Waals surface area contributed by atoms with Gasteiger partial charge in [0.25, 0.3) is 0 Å². The van der Waals surface area contributed by atoms with Crippen molar-refractivity contribution in [3.8, 4) is 0 Å². The van der Waals surface area contributed by atoms with Crippen molar-refractivity contribution >= 4 is 38.4 Å². The first kappa shape index (κ1) is 11.7. The monoisotopic (exact) mass is 299 g/mol. The van der Waals surface area contributed by atoms with E-state index in [1.165, 1.54) is 0 Å². The van der Waals surface area contributed by atoms with Gasteiger partial charge in [-0.1, -0.05) is 41.4 Å². The molecule has 0 unspecified atom stereocenters. The number of benzene rings is 1. The van der Waals surface area contributed by atoms with Crippen LogP contribution in [0.15, 0.2) is 27.5 Å². The van der Waals surface area contributed by atoms with E-state index in [2.05, 4.69) is 20.9 Å². The molecule has 0 fully saturated rings. The molecule has 0 amide bonds. The maximum atomic E-state index is 11.9. The lowest BCUT2D eigenvalue weighted by molar-refractivity contribution is 0.828. The third-order valence-corrected chi connectivity index (χ3v) is 3.25. The minimum Gasteiger partial charge on any atom is -0.357 e. The molecule has 2 nitrogen and oxygen atoms in total. The Hall–Kier alpha value is -0.800. The van der Waals surface area contributed by atoms with Crippen molar-refractivity contribution < 1.29 is 0 Å². The van der Waals surface area contributed by atoms with Gasteiger partial charge in [0.05, 0.1) is 10.5 Å². The highest BCUT2D eigenvalue weighted by Crippen LogP contribution is 2.26. The first-order chi connectivity index (χ1) is 7.49. The number of rotatable bonds is 1. The van der Waals surface area contributed by atoms with E-state index in [4.69, 9.17) is 11.6 Å². The van der Waals surface area contributed by atoms with E-state index in [1.807, 2.05) is 13.8 Å². The second-order valence-corrected chi connectivity index (χ2v) is 5.38. The van der Waals surface area contributed by atoms with Crippen LogP contribution < -0.4 is 5.43 Å². The van der Waals surface area contributed by atoms with Crippen LogP contribution in [0.4, 0.5) is 0 Å². The maximum absolute atomic E-state index is 11.9. The van der Waals surface area contributed by atoms with E-state index in [0.717, 1.165) is 10.2 Å². The summed E-state index contributed by atoms with van der Waals surface area (Å²) in [7, 11) is 0. The number of pyridine rings is 1. The van der Waals surface area contributed by atoms with Crippen LogP contribution in [-0.2, 0) is 0 Å². The van der Waals surface area contributed by atoms with Gasteiger partial charge in [0.15, 0.2) is 5.43 Å². The molecule has 0 aliphatic carbocycles. The maximum Gasteiger partial charge on any atom is 0.189 e. The van der Waals surface area contributed by atoms with Crippen molar-refractivity contribution in [3.05, 3.63) is 43.6 Å². The molecule has 0 aliphatic heterocycles. The zero-order valence-corrected chi connectivity index (χ0v) is 11.3. The van der Waals surface area contributed by atoms with Gasteiger partial charge in [-0.05, 0) is 18.1 Å². The molecule has 1 heterocycles. The van der Waals surface area contributed by atoms with E-state index in [1.54, 1.807) is 18.2 Å². The largest absolute Gasteiger partial charge is 0.357 e. The molecule has 0 atom stereocenters. The zero-order chi connectivity index (χ0) is 11.9. The van der Waals surface area contributed by atoms with Crippen LogP contribution in [0.3, 0.4) is 0 Å². The summed E-state index contributed by atoms with van der Waals surface area (Å²) in [6.07, 6.45) is 0. The van der Waals surface area contributed by atoms with Crippen LogP contribution in [0.5, 0.6) is 0 Å². The van der Waals surface area contributed by atoms with E-state index >= 15 is 0 Å². The molecule has 0 spiro atoms. The van der Waals surface area contributed by atoms with Crippen LogP contribution in [0.25, 0.3) is 10.9 Å². The Labute approximate surface area is 107 Å². The number of H-pyrrole nitrogens is 1. The molecule has 1 aromatic heterocycles. The molecular formula is C12H11BrClNO. The number of aromatic amines is 1. The van der Waals surface area contributed by atoms with Crippen LogP contribution in [0.2, 0.25) is 5.02 Å². The number of halogens is 2. The Bertz CT molecular complexity index is 604. The van der Waals surface area contributed by atoms with Gasteiger partial charge >= 0.3 is 0 Å². The van der Waals surface area contributed by atoms with Crippen molar-refractivity contribution in [3.63, 3.8) is 0 Å². The highest BCUT2D eigenvalue weighted by Gasteiger charge is 2.08. The lowest BCUT2D eigenvalue weighted by Crippen LogP contribution is -2.06. The summed E-state index contributed by atoms with van der Waals surface area (Å²) in [6, 6.07) is 5.20.